The van der Waals surface area contributed by atoms with Gasteiger partial charge in [0.1, 0.15) is 0 Å². The molecule has 6 heteroatoms. The van der Waals surface area contributed by atoms with Crippen LogP contribution in [0.2, 0.25) is 0 Å². The summed E-state index contributed by atoms with van der Waals surface area (Å²) in [5.41, 5.74) is -0.190. The van der Waals surface area contributed by atoms with Gasteiger partial charge in [-0.25, -0.2) is 14.4 Å². The number of aryl methyl sites for hydroxylation is 1. The van der Waals surface area contributed by atoms with Gasteiger partial charge in [0.2, 0.25) is 0 Å². The lowest BCUT2D eigenvalue weighted by Crippen LogP contribution is -2.11. The van der Waals surface area contributed by atoms with E-state index in [1.165, 1.54) is 18.2 Å². The molecule has 0 aliphatic heterocycles. The number of hydrogen-bond acceptors (Lipinski definition) is 3. The van der Waals surface area contributed by atoms with Gasteiger partial charge in [-0.3, -0.25) is 0 Å². The van der Waals surface area contributed by atoms with E-state index in [2.05, 4.69) is 0 Å². The third-order valence-corrected chi connectivity index (χ3v) is 3.33. The van der Waals surface area contributed by atoms with Crippen LogP contribution < -0.4 is 0 Å². The van der Waals surface area contributed by atoms with Crippen molar-refractivity contribution in [1.29, 1.82) is 0 Å². The zero-order chi connectivity index (χ0) is 15.7. The van der Waals surface area contributed by atoms with Crippen molar-refractivity contribution in [2.45, 2.75) is 13.3 Å². The van der Waals surface area contributed by atoms with Crippen molar-refractivity contribution in [2.75, 3.05) is 0 Å². The summed E-state index contributed by atoms with van der Waals surface area (Å²) < 4.78 is 0. The van der Waals surface area contributed by atoms with Crippen LogP contribution in [0.15, 0.2) is 24.3 Å². The quantitative estimate of drug-likeness (QED) is 0.796. The fourth-order valence-corrected chi connectivity index (χ4v) is 2.41. The molecule has 0 atom stereocenters. The molecule has 3 N–H and O–H groups in total. The number of benzene rings is 2. The summed E-state index contributed by atoms with van der Waals surface area (Å²) in [6.07, 6.45) is 0.473. The lowest BCUT2D eigenvalue weighted by Gasteiger charge is -2.11. The minimum Gasteiger partial charge on any atom is -0.478 e. The molecule has 21 heavy (non-hydrogen) atoms. The standard InChI is InChI=1S/C15H12O6/c1-2-7-3-4-9-8(11(7)14(18)19)5-6-10(13(16)17)12(9)15(20)21/h3-6H,2H2,1H3,(H,16,17)(H,18,19)(H,20,21). The molecule has 0 bridgehead atoms. The van der Waals surface area contributed by atoms with Crippen molar-refractivity contribution in [3.05, 3.63) is 46.5 Å². The van der Waals surface area contributed by atoms with Gasteiger partial charge >= 0.3 is 17.9 Å². The van der Waals surface area contributed by atoms with Crippen LogP contribution in [0.25, 0.3) is 10.8 Å². The average Bonchev–Trinajstić information content (AvgIpc) is 2.43. The Hall–Kier alpha value is -2.89. The van der Waals surface area contributed by atoms with Gasteiger partial charge < -0.3 is 15.3 Å². The van der Waals surface area contributed by atoms with Crippen LogP contribution in [-0.4, -0.2) is 33.2 Å². The fourth-order valence-electron chi connectivity index (χ4n) is 2.41. The molecule has 0 aliphatic carbocycles. The van der Waals surface area contributed by atoms with Crippen molar-refractivity contribution in [1.82, 2.24) is 0 Å². The second kappa shape index (κ2) is 5.24. The van der Waals surface area contributed by atoms with Gasteiger partial charge in [-0.05, 0) is 28.8 Å². The molecule has 0 spiro atoms. The molecule has 0 saturated carbocycles. The maximum absolute atomic E-state index is 11.4. The van der Waals surface area contributed by atoms with Crippen LogP contribution in [0.5, 0.6) is 0 Å². The molecule has 0 heterocycles. The Labute approximate surface area is 119 Å². The molecule has 0 aliphatic rings. The van der Waals surface area contributed by atoms with Gasteiger partial charge in [0, 0.05) is 0 Å². The number of carboxylic acid groups (broad SMARTS) is 3. The van der Waals surface area contributed by atoms with Gasteiger partial charge in [0.15, 0.2) is 0 Å². The van der Waals surface area contributed by atoms with Gasteiger partial charge in [-0.2, -0.15) is 0 Å². The smallest absolute Gasteiger partial charge is 0.337 e. The maximum atomic E-state index is 11.4. The molecule has 108 valence electrons. The van der Waals surface area contributed by atoms with Crippen molar-refractivity contribution in [3.8, 4) is 0 Å². The summed E-state index contributed by atoms with van der Waals surface area (Å²) in [5, 5.41) is 28.0. The first-order valence-corrected chi connectivity index (χ1v) is 6.17. The average molecular weight is 288 g/mol. The van der Waals surface area contributed by atoms with E-state index in [-0.39, 0.29) is 21.9 Å². The van der Waals surface area contributed by atoms with Gasteiger partial charge in [0.25, 0.3) is 0 Å². The van der Waals surface area contributed by atoms with Crippen molar-refractivity contribution in [3.63, 3.8) is 0 Å². The molecular weight excluding hydrogens is 276 g/mol. The SMILES string of the molecule is CCc1ccc2c(C(=O)O)c(C(=O)O)ccc2c1C(=O)O. The summed E-state index contributed by atoms with van der Waals surface area (Å²) in [6, 6.07) is 5.44. The summed E-state index contributed by atoms with van der Waals surface area (Å²) in [5.74, 6) is -3.94. The second-order valence-corrected chi connectivity index (χ2v) is 4.45. The van der Waals surface area contributed by atoms with Gasteiger partial charge in [0.05, 0.1) is 16.7 Å². The highest BCUT2D eigenvalue weighted by atomic mass is 16.4. The number of carboxylic acids is 3. The molecule has 2 rings (SSSR count). The van der Waals surface area contributed by atoms with Crippen LogP contribution >= 0.6 is 0 Å². The highest BCUT2D eigenvalue weighted by molar-refractivity contribution is 6.15. The molecule has 0 aromatic heterocycles. The molecule has 0 unspecified atom stereocenters. The van der Waals surface area contributed by atoms with Crippen LogP contribution in [-0.2, 0) is 6.42 Å². The Morgan fingerprint density at radius 3 is 1.81 bits per heavy atom. The van der Waals surface area contributed by atoms with E-state index < -0.39 is 23.5 Å². The summed E-state index contributed by atoms with van der Waals surface area (Å²) in [6.45, 7) is 1.79. The van der Waals surface area contributed by atoms with E-state index >= 15 is 0 Å². The molecule has 0 radical (unpaired) electrons. The van der Waals surface area contributed by atoms with Crippen molar-refractivity contribution < 1.29 is 29.7 Å². The lowest BCUT2D eigenvalue weighted by atomic mass is 9.92. The molecule has 6 nitrogen and oxygen atoms in total. The summed E-state index contributed by atoms with van der Waals surface area (Å²) in [4.78, 5) is 33.9. The Morgan fingerprint density at radius 1 is 0.810 bits per heavy atom. The molecule has 0 saturated heterocycles. The zero-order valence-electron chi connectivity index (χ0n) is 11.1. The third kappa shape index (κ3) is 2.31. The van der Waals surface area contributed by atoms with Gasteiger partial charge in [-0.15, -0.1) is 0 Å². The van der Waals surface area contributed by atoms with E-state index in [1.807, 2.05) is 0 Å². The first kappa shape index (κ1) is 14.5. The van der Waals surface area contributed by atoms with E-state index in [0.717, 1.165) is 6.07 Å². The normalized spacial score (nSPS) is 10.5. The number of hydrogen-bond donors (Lipinski definition) is 3. The summed E-state index contributed by atoms with van der Waals surface area (Å²) >= 11 is 0. The van der Waals surface area contributed by atoms with Gasteiger partial charge in [-0.1, -0.05) is 25.1 Å². The topological polar surface area (TPSA) is 112 Å². The van der Waals surface area contributed by atoms with E-state index in [0.29, 0.717) is 12.0 Å². The molecule has 2 aromatic carbocycles. The van der Waals surface area contributed by atoms with E-state index in [9.17, 15) is 24.6 Å². The highest BCUT2D eigenvalue weighted by Gasteiger charge is 2.22. The largest absolute Gasteiger partial charge is 0.478 e. The molecular formula is C15H12O6. The van der Waals surface area contributed by atoms with Crippen LogP contribution in [0.3, 0.4) is 0 Å². The number of carbonyl (C=O) groups is 3. The molecule has 0 amide bonds. The minimum atomic E-state index is -1.40. The fraction of sp³-hybridized carbons (Fsp3) is 0.133. The Balaban J connectivity index is 2.99. The van der Waals surface area contributed by atoms with Crippen molar-refractivity contribution >= 4 is 28.7 Å². The number of aromatic carboxylic acids is 3. The highest BCUT2D eigenvalue weighted by Crippen LogP contribution is 2.28. The van der Waals surface area contributed by atoms with Crippen molar-refractivity contribution in [2.24, 2.45) is 0 Å². The van der Waals surface area contributed by atoms with E-state index in [1.54, 1.807) is 6.92 Å². The minimum absolute atomic E-state index is 0.00874. The Morgan fingerprint density at radius 2 is 1.33 bits per heavy atom. The Bertz CT molecular complexity index is 775. The first-order chi connectivity index (χ1) is 9.88. The number of rotatable bonds is 4. The zero-order valence-corrected chi connectivity index (χ0v) is 11.1. The monoisotopic (exact) mass is 288 g/mol. The summed E-state index contributed by atoms with van der Waals surface area (Å²) in [7, 11) is 0. The van der Waals surface area contributed by atoms with E-state index in [4.69, 9.17) is 5.11 Å². The first-order valence-electron chi connectivity index (χ1n) is 6.17. The van der Waals surface area contributed by atoms with Crippen LogP contribution in [0, 0.1) is 0 Å². The Kier molecular flexibility index (Phi) is 3.62. The predicted octanol–water partition coefficient (Wildman–Crippen LogP) is 2.50. The van der Waals surface area contributed by atoms with Crippen LogP contribution in [0.1, 0.15) is 43.6 Å². The molecule has 2 aromatic rings. The molecule has 0 fully saturated rings. The van der Waals surface area contributed by atoms with Crippen LogP contribution in [0.4, 0.5) is 0 Å². The second-order valence-electron chi connectivity index (χ2n) is 4.45. The third-order valence-electron chi connectivity index (χ3n) is 3.33. The number of fused-ring (bicyclic) bond motifs is 1. The predicted molar refractivity (Wildman–Crippen MR) is 74.2 cm³/mol. The lowest BCUT2D eigenvalue weighted by molar-refractivity contribution is 0.0653. The maximum Gasteiger partial charge on any atom is 0.337 e.